The van der Waals surface area contributed by atoms with E-state index in [0.717, 1.165) is 12.0 Å². The van der Waals surface area contributed by atoms with Crippen molar-refractivity contribution in [2.75, 3.05) is 26.7 Å². The number of piperidine rings is 1. The molecule has 2 aliphatic heterocycles. The van der Waals surface area contributed by atoms with Crippen molar-refractivity contribution in [1.29, 1.82) is 0 Å². The van der Waals surface area contributed by atoms with Gasteiger partial charge < -0.3 is 10.2 Å². The molecular weight excluding hydrogens is 124 g/mol. The van der Waals surface area contributed by atoms with E-state index in [-0.39, 0.29) is 0 Å². The van der Waals surface area contributed by atoms with Crippen LogP contribution in [0.1, 0.15) is 12.8 Å². The molecule has 0 aliphatic carbocycles. The zero-order chi connectivity index (χ0) is 6.97. The second-order valence-corrected chi connectivity index (χ2v) is 3.68. The van der Waals surface area contributed by atoms with Gasteiger partial charge in [0.25, 0.3) is 0 Å². The van der Waals surface area contributed by atoms with Gasteiger partial charge in [-0.1, -0.05) is 0 Å². The predicted octanol–water partition coefficient (Wildman–Crippen LogP) is 0.300. The zero-order valence-corrected chi connectivity index (χ0v) is 6.64. The molecule has 0 aromatic rings. The summed E-state index contributed by atoms with van der Waals surface area (Å²) in [4.78, 5) is 2.44. The van der Waals surface area contributed by atoms with Gasteiger partial charge in [0.05, 0.1) is 0 Å². The molecule has 10 heavy (non-hydrogen) atoms. The van der Waals surface area contributed by atoms with Crippen molar-refractivity contribution in [2.45, 2.75) is 18.9 Å². The van der Waals surface area contributed by atoms with Crippen molar-refractivity contribution in [3.63, 3.8) is 0 Å². The SMILES string of the molecule is CN1C[C@@H]2CCCN[C@H]2C1. The molecule has 0 radical (unpaired) electrons. The van der Waals surface area contributed by atoms with E-state index in [2.05, 4.69) is 17.3 Å². The highest BCUT2D eigenvalue weighted by atomic mass is 15.2. The van der Waals surface area contributed by atoms with E-state index in [4.69, 9.17) is 0 Å². The third-order valence-electron chi connectivity index (χ3n) is 2.78. The third kappa shape index (κ3) is 1.06. The molecule has 2 atom stereocenters. The first-order chi connectivity index (χ1) is 4.86. The van der Waals surface area contributed by atoms with E-state index in [1.165, 1.54) is 32.5 Å². The van der Waals surface area contributed by atoms with Crippen LogP contribution in [0.25, 0.3) is 0 Å². The Morgan fingerprint density at radius 3 is 3.10 bits per heavy atom. The lowest BCUT2D eigenvalue weighted by Crippen LogP contribution is -2.40. The number of hydrogen-bond donors (Lipinski definition) is 1. The average Bonchev–Trinajstić information content (AvgIpc) is 2.27. The van der Waals surface area contributed by atoms with Crippen molar-refractivity contribution in [1.82, 2.24) is 10.2 Å². The first kappa shape index (κ1) is 6.62. The first-order valence-electron chi connectivity index (χ1n) is 4.28. The molecule has 2 saturated heterocycles. The molecule has 0 bridgehead atoms. The van der Waals surface area contributed by atoms with E-state index in [1.54, 1.807) is 0 Å². The van der Waals surface area contributed by atoms with E-state index >= 15 is 0 Å². The lowest BCUT2D eigenvalue weighted by atomic mass is 9.94. The Bertz CT molecular complexity index is 110. The van der Waals surface area contributed by atoms with Gasteiger partial charge in [0.2, 0.25) is 0 Å². The van der Waals surface area contributed by atoms with Crippen molar-refractivity contribution in [3.8, 4) is 0 Å². The van der Waals surface area contributed by atoms with Gasteiger partial charge in [-0.25, -0.2) is 0 Å². The number of nitrogens with one attached hydrogen (secondary N) is 1. The number of rotatable bonds is 0. The second-order valence-electron chi connectivity index (χ2n) is 3.68. The molecule has 0 aromatic carbocycles. The lowest BCUT2D eigenvalue weighted by molar-refractivity contribution is 0.338. The Balaban J connectivity index is 1.97. The van der Waals surface area contributed by atoms with E-state index in [1.807, 2.05) is 0 Å². The number of likely N-dealkylation sites (N-methyl/N-ethyl adjacent to an activating group) is 1. The molecule has 2 heteroatoms. The largest absolute Gasteiger partial charge is 0.312 e. The van der Waals surface area contributed by atoms with Crippen LogP contribution >= 0.6 is 0 Å². The summed E-state index contributed by atoms with van der Waals surface area (Å²) in [6, 6.07) is 0.818. The Kier molecular flexibility index (Phi) is 1.66. The van der Waals surface area contributed by atoms with Crippen LogP contribution in [0.2, 0.25) is 0 Å². The number of fused-ring (bicyclic) bond motifs is 1. The summed E-state index contributed by atoms with van der Waals surface area (Å²) in [7, 11) is 2.22. The van der Waals surface area contributed by atoms with Crippen LogP contribution in [-0.4, -0.2) is 37.6 Å². The van der Waals surface area contributed by atoms with Gasteiger partial charge >= 0.3 is 0 Å². The van der Waals surface area contributed by atoms with Gasteiger partial charge in [0.1, 0.15) is 0 Å². The van der Waals surface area contributed by atoms with Gasteiger partial charge in [0, 0.05) is 19.1 Å². The van der Waals surface area contributed by atoms with Crippen LogP contribution in [0, 0.1) is 5.92 Å². The summed E-state index contributed by atoms with van der Waals surface area (Å²) in [5, 5.41) is 3.57. The van der Waals surface area contributed by atoms with E-state index < -0.39 is 0 Å². The quantitative estimate of drug-likeness (QED) is 0.520. The van der Waals surface area contributed by atoms with E-state index in [9.17, 15) is 0 Å². The monoisotopic (exact) mass is 140 g/mol. The molecule has 1 N–H and O–H groups in total. The molecule has 2 heterocycles. The van der Waals surface area contributed by atoms with E-state index in [0.29, 0.717) is 0 Å². The average molecular weight is 140 g/mol. The fraction of sp³-hybridized carbons (Fsp3) is 1.00. The summed E-state index contributed by atoms with van der Waals surface area (Å²) >= 11 is 0. The second kappa shape index (κ2) is 2.51. The Morgan fingerprint density at radius 2 is 2.30 bits per heavy atom. The Hall–Kier alpha value is -0.0800. The highest BCUT2D eigenvalue weighted by Gasteiger charge is 2.31. The van der Waals surface area contributed by atoms with Crippen LogP contribution in [0.5, 0.6) is 0 Å². The minimum atomic E-state index is 0.818. The zero-order valence-electron chi connectivity index (χ0n) is 6.64. The van der Waals surface area contributed by atoms with Gasteiger partial charge in [-0.05, 0) is 32.4 Å². The van der Waals surface area contributed by atoms with Crippen LogP contribution in [0.15, 0.2) is 0 Å². The lowest BCUT2D eigenvalue weighted by Gasteiger charge is -2.24. The van der Waals surface area contributed by atoms with Crippen LogP contribution in [-0.2, 0) is 0 Å². The van der Waals surface area contributed by atoms with Gasteiger partial charge in [-0.2, -0.15) is 0 Å². The molecule has 0 aromatic heterocycles. The fourth-order valence-electron chi connectivity index (χ4n) is 2.26. The molecule has 0 spiro atoms. The molecule has 2 fully saturated rings. The maximum absolute atomic E-state index is 3.57. The van der Waals surface area contributed by atoms with Gasteiger partial charge in [-0.15, -0.1) is 0 Å². The minimum absolute atomic E-state index is 0.818. The van der Waals surface area contributed by atoms with Crippen molar-refractivity contribution in [3.05, 3.63) is 0 Å². The number of hydrogen-bond acceptors (Lipinski definition) is 2. The highest BCUT2D eigenvalue weighted by Crippen LogP contribution is 2.23. The maximum atomic E-state index is 3.57. The molecule has 58 valence electrons. The van der Waals surface area contributed by atoms with Crippen molar-refractivity contribution in [2.24, 2.45) is 5.92 Å². The van der Waals surface area contributed by atoms with Crippen LogP contribution in [0.4, 0.5) is 0 Å². The summed E-state index contributed by atoms with van der Waals surface area (Å²) in [6.07, 6.45) is 2.83. The topological polar surface area (TPSA) is 15.3 Å². The van der Waals surface area contributed by atoms with Crippen LogP contribution < -0.4 is 5.32 Å². The fourth-order valence-corrected chi connectivity index (χ4v) is 2.26. The molecule has 2 nitrogen and oxygen atoms in total. The standard InChI is InChI=1S/C8H16N2/c1-10-5-7-3-2-4-9-8(7)6-10/h7-9H,2-6H2,1H3/t7-,8-/m0/s1. The molecule has 2 aliphatic rings. The summed E-state index contributed by atoms with van der Waals surface area (Å²) < 4.78 is 0. The number of likely N-dealkylation sites (tertiary alicyclic amines) is 1. The summed E-state index contributed by atoms with van der Waals surface area (Å²) in [6.45, 7) is 3.83. The number of nitrogens with zero attached hydrogens (tertiary/aromatic N) is 1. The molecule has 0 unspecified atom stereocenters. The Labute approximate surface area is 62.6 Å². The first-order valence-corrected chi connectivity index (χ1v) is 4.28. The molecule has 2 rings (SSSR count). The van der Waals surface area contributed by atoms with Gasteiger partial charge in [-0.3, -0.25) is 0 Å². The van der Waals surface area contributed by atoms with Crippen molar-refractivity contribution >= 4 is 0 Å². The summed E-state index contributed by atoms with van der Waals surface area (Å²) in [5.41, 5.74) is 0. The normalized spacial score (nSPS) is 41.7. The van der Waals surface area contributed by atoms with Crippen molar-refractivity contribution < 1.29 is 0 Å². The smallest absolute Gasteiger partial charge is 0.0235 e. The molecule has 0 saturated carbocycles. The summed E-state index contributed by atoms with van der Waals surface area (Å²) in [5.74, 6) is 0.957. The Morgan fingerprint density at radius 1 is 1.40 bits per heavy atom. The third-order valence-corrected chi connectivity index (χ3v) is 2.78. The highest BCUT2D eigenvalue weighted by molar-refractivity contribution is 4.90. The minimum Gasteiger partial charge on any atom is -0.312 e. The maximum Gasteiger partial charge on any atom is 0.0235 e. The van der Waals surface area contributed by atoms with Gasteiger partial charge in [0.15, 0.2) is 0 Å². The predicted molar refractivity (Wildman–Crippen MR) is 42.0 cm³/mol. The molecule has 0 amide bonds. The molecular formula is C8H16N2. The van der Waals surface area contributed by atoms with Crippen LogP contribution in [0.3, 0.4) is 0 Å².